The van der Waals surface area contributed by atoms with Gasteiger partial charge in [0.1, 0.15) is 30.5 Å². The van der Waals surface area contributed by atoms with E-state index in [1.807, 2.05) is 0 Å². The molecule has 2 aliphatic heterocycles. The molecule has 0 atom stereocenters. The lowest BCUT2D eigenvalue weighted by molar-refractivity contribution is -0.114. The highest BCUT2D eigenvalue weighted by atomic mass is 32.2. The number of hydrogen-bond donors (Lipinski definition) is 1. The van der Waals surface area contributed by atoms with Crippen LogP contribution in [0, 0.1) is 5.41 Å². The molecule has 2 heterocycles. The lowest BCUT2D eigenvalue weighted by Gasteiger charge is -2.20. The summed E-state index contributed by atoms with van der Waals surface area (Å²) in [5, 5.41) is 10.7. The Bertz CT molecular complexity index is 1190. The molecule has 0 bridgehead atoms. The summed E-state index contributed by atoms with van der Waals surface area (Å²) in [5.74, 6) is 0.686. The number of nitrogens with one attached hydrogen (secondary N) is 1. The third-order valence-corrected chi connectivity index (χ3v) is 5.52. The van der Waals surface area contributed by atoms with E-state index in [2.05, 4.69) is 10.1 Å². The molecule has 176 valence electrons. The van der Waals surface area contributed by atoms with E-state index in [4.69, 9.17) is 19.6 Å². The zero-order valence-electron chi connectivity index (χ0n) is 17.6. The van der Waals surface area contributed by atoms with Gasteiger partial charge in [-0.3, -0.25) is 10.2 Å². The van der Waals surface area contributed by atoms with Gasteiger partial charge in [-0.15, -0.1) is 0 Å². The van der Waals surface area contributed by atoms with Crippen molar-refractivity contribution in [3.05, 3.63) is 59.7 Å². The number of rotatable bonds is 7. The molecule has 0 spiro atoms. The van der Waals surface area contributed by atoms with Crippen LogP contribution in [-0.4, -0.2) is 53.5 Å². The Morgan fingerprint density at radius 1 is 1.00 bits per heavy atom. The first kappa shape index (κ1) is 23.4. The van der Waals surface area contributed by atoms with Crippen molar-refractivity contribution in [3.8, 4) is 17.2 Å². The SMILES string of the molecule is COc1ccc(OCCOc2ccc(/C=C3\C(=N)N4N=C(C(F)(F)F)SC4=NC3=O)cc2)cc1. The number of carbonyl (C=O) groups excluding carboxylic acids is 1. The molecule has 2 aromatic rings. The van der Waals surface area contributed by atoms with Crippen LogP contribution < -0.4 is 14.2 Å². The number of fused-ring (bicyclic) bond motifs is 1. The van der Waals surface area contributed by atoms with E-state index in [1.54, 1.807) is 55.6 Å². The van der Waals surface area contributed by atoms with Gasteiger partial charge in [0.05, 0.1) is 12.7 Å². The van der Waals surface area contributed by atoms with Gasteiger partial charge in [-0.2, -0.15) is 28.3 Å². The van der Waals surface area contributed by atoms with Crippen molar-refractivity contribution < 1.29 is 32.2 Å². The van der Waals surface area contributed by atoms with Gasteiger partial charge < -0.3 is 14.2 Å². The molecule has 4 rings (SSSR count). The smallest absolute Gasteiger partial charge is 0.441 e. The molecule has 0 aliphatic carbocycles. The standard InChI is InChI=1S/C22H17F3N4O4S/c1-31-14-6-8-16(9-7-14)33-11-10-32-15-4-2-13(3-5-15)12-17-18(26)29-21(27-19(17)30)34-20(28-29)22(23,24)25/h2-9,12,26H,10-11H2,1H3/b17-12+,26-18?. The summed E-state index contributed by atoms with van der Waals surface area (Å²) in [6.07, 6.45) is -3.32. The summed E-state index contributed by atoms with van der Waals surface area (Å²) in [4.78, 5) is 15.9. The van der Waals surface area contributed by atoms with E-state index in [9.17, 15) is 18.0 Å². The highest BCUT2D eigenvalue weighted by Crippen LogP contribution is 2.35. The second kappa shape index (κ2) is 9.59. The zero-order valence-corrected chi connectivity index (χ0v) is 18.4. The average molecular weight is 490 g/mol. The average Bonchev–Trinajstić information content (AvgIpc) is 3.26. The van der Waals surface area contributed by atoms with Gasteiger partial charge in [0.15, 0.2) is 5.84 Å². The number of hydrogen-bond acceptors (Lipinski definition) is 7. The Balaban J connectivity index is 1.35. The quantitative estimate of drug-likeness (QED) is 0.458. The number of benzene rings is 2. The highest BCUT2D eigenvalue weighted by molar-refractivity contribution is 8.27. The summed E-state index contributed by atoms with van der Waals surface area (Å²) in [6, 6.07) is 13.8. The van der Waals surface area contributed by atoms with E-state index in [-0.39, 0.29) is 22.5 Å². The van der Waals surface area contributed by atoms with Crippen LogP contribution in [0.3, 0.4) is 0 Å². The molecule has 0 saturated heterocycles. The van der Waals surface area contributed by atoms with Crippen LogP contribution in [0.25, 0.3) is 6.08 Å². The monoisotopic (exact) mass is 490 g/mol. The third kappa shape index (κ3) is 5.22. The van der Waals surface area contributed by atoms with Crippen molar-refractivity contribution in [2.45, 2.75) is 6.18 Å². The number of amides is 1. The molecule has 0 fully saturated rings. The molecular formula is C22H17F3N4O4S. The Morgan fingerprint density at radius 2 is 1.56 bits per heavy atom. The second-order valence-corrected chi connectivity index (χ2v) is 7.82. The molecule has 8 nitrogen and oxygen atoms in total. The number of thioether (sulfide) groups is 1. The molecule has 2 aromatic carbocycles. The van der Waals surface area contributed by atoms with Crippen LogP contribution in [0.15, 0.2) is 64.2 Å². The molecule has 2 aliphatic rings. The Kier molecular flexibility index (Phi) is 6.59. The molecule has 0 unspecified atom stereocenters. The summed E-state index contributed by atoms with van der Waals surface area (Å²) < 4.78 is 55.0. The maximum atomic E-state index is 12.9. The molecule has 0 aromatic heterocycles. The Hall–Kier alpha value is -3.80. The van der Waals surface area contributed by atoms with E-state index >= 15 is 0 Å². The van der Waals surface area contributed by atoms with Gasteiger partial charge in [-0.1, -0.05) is 12.1 Å². The fourth-order valence-corrected chi connectivity index (χ4v) is 3.68. The van der Waals surface area contributed by atoms with E-state index in [1.165, 1.54) is 6.08 Å². The minimum absolute atomic E-state index is 0.168. The number of nitrogens with zero attached hydrogens (tertiary/aromatic N) is 3. The summed E-state index contributed by atoms with van der Waals surface area (Å²) >= 11 is 0.209. The zero-order chi connectivity index (χ0) is 24.3. The summed E-state index contributed by atoms with van der Waals surface area (Å²) in [6.45, 7) is 0.609. The fraction of sp³-hybridized carbons (Fsp3) is 0.182. The van der Waals surface area contributed by atoms with Crippen molar-refractivity contribution in [3.63, 3.8) is 0 Å². The molecule has 1 N–H and O–H groups in total. The molecule has 12 heteroatoms. The first-order chi connectivity index (χ1) is 16.2. The van der Waals surface area contributed by atoms with Crippen LogP contribution in [0.2, 0.25) is 0 Å². The second-order valence-electron chi connectivity index (χ2n) is 6.86. The number of amidine groups is 2. The molecule has 0 radical (unpaired) electrons. The minimum atomic E-state index is -4.69. The van der Waals surface area contributed by atoms with E-state index in [0.717, 1.165) is 5.75 Å². The largest absolute Gasteiger partial charge is 0.497 e. The maximum absolute atomic E-state index is 12.9. The number of hydrazone groups is 1. The van der Waals surface area contributed by atoms with Crippen molar-refractivity contribution in [1.82, 2.24) is 5.01 Å². The van der Waals surface area contributed by atoms with E-state index in [0.29, 0.717) is 35.3 Å². The predicted molar refractivity (Wildman–Crippen MR) is 121 cm³/mol. The van der Waals surface area contributed by atoms with Gasteiger partial charge in [0.2, 0.25) is 10.2 Å². The van der Waals surface area contributed by atoms with E-state index < -0.39 is 23.0 Å². The maximum Gasteiger partial charge on any atom is 0.441 e. The minimum Gasteiger partial charge on any atom is -0.497 e. The number of methoxy groups -OCH3 is 1. The summed E-state index contributed by atoms with van der Waals surface area (Å²) in [7, 11) is 1.58. The molecule has 34 heavy (non-hydrogen) atoms. The first-order valence-electron chi connectivity index (χ1n) is 9.82. The van der Waals surface area contributed by atoms with Crippen LogP contribution in [0.4, 0.5) is 13.2 Å². The number of alkyl halides is 3. The number of carbonyl (C=O) groups is 1. The normalized spacial score (nSPS) is 16.8. The third-order valence-electron chi connectivity index (χ3n) is 4.57. The van der Waals surface area contributed by atoms with Crippen LogP contribution >= 0.6 is 11.8 Å². The van der Waals surface area contributed by atoms with Gasteiger partial charge in [-0.05, 0) is 59.8 Å². The van der Waals surface area contributed by atoms with Crippen molar-refractivity contribution >= 4 is 39.8 Å². The van der Waals surface area contributed by atoms with Gasteiger partial charge in [-0.25, -0.2) is 0 Å². The van der Waals surface area contributed by atoms with Gasteiger partial charge in [0.25, 0.3) is 5.91 Å². The molecule has 0 saturated carbocycles. The fourth-order valence-electron chi connectivity index (χ4n) is 2.92. The lowest BCUT2D eigenvalue weighted by atomic mass is 10.1. The van der Waals surface area contributed by atoms with Gasteiger partial charge >= 0.3 is 6.18 Å². The van der Waals surface area contributed by atoms with Crippen molar-refractivity contribution in [2.24, 2.45) is 10.1 Å². The Labute approximate surface area is 196 Å². The topological polar surface area (TPSA) is 96.6 Å². The highest BCUT2D eigenvalue weighted by Gasteiger charge is 2.46. The molecular weight excluding hydrogens is 473 g/mol. The first-order valence-corrected chi connectivity index (χ1v) is 10.6. The van der Waals surface area contributed by atoms with Crippen LogP contribution in [-0.2, 0) is 4.79 Å². The van der Waals surface area contributed by atoms with Crippen molar-refractivity contribution in [2.75, 3.05) is 20.3 Å². The number of aliphatic imine (C=N–C) groups is 1. The summed E-state index contributed by atoms with van der Waals surface area (Å²) in [5.41, 5.74) is 0.374. The molecule has 1 amide bonds. The van der Waals surface area contributed by atoms with Gasteiger partial charge in [0, 0.05) is 0 Å². The number of halogens is 3. The van der Waals surface area contributed by atoms with Crippen molar-refractivity contribution in [1.29, 1.82) is 5.41 Å². The predicted octanol–water partition coefficient (Wildman–Crippen LogP) is 4.33. The lowest BCUT2D eigenvalue weighted by Crippen LogP contribution is -2.35. The number of ether oxygens (including phenoxy) is 3. The van der Waals surface area contributed by atoms with Crippen LogP contribution in [0.5, 0.6) is 17.2 Å². The van der Waals surface area contributed by atoms with Crippen LogP contribution in [0.1, 0.15) is 5.56 Å². The Morgan fingerprint density at radius 3 is 2.12 bits per heavy atom.